The molecule has 2 aromatic rings. The van der Waals surface area contributed by atoms with Crippen molar-refractivity contribution in [2.75, 3.05) is 38.2 Å². The number of fused-ring (bicyclic) bond motifs is 1. The van der Waals surface area contributed by atoms with E-state index in [4.69, 9.17) is 10.5 Å². The fourth-order valence-electron chi connectivity index (χ4n) is 3.14. The van der Waals surface area contributed by atoms with Crippen molar-refractivity contribution in [2.24, 2.45) is 5.73 Å². The van der Waals surface area contributed by atoms with Crippen molar-refractivity contribution < 1.29 is 4.74 Å². The normalized spacial score (nSPS) is 17.8. The smallest absolute Gasteiger partial charge is 0.124 e. The van der Waals surface area contributed by atoms with Crippen molar-refractivity contribution in [1.82, 2.24) is 4.90 Å². The molecule has 1 aliphatic heterocycles. The first-order valence-corrected chi connectivity index (χ1v) is 8.58. The van der Waals surface area contributed by atoms with Gasteiger partial charge < -0.3 is 10.5 Å². The summed E-state index contributed by atoms with van der Waals surface area (Å²) in [5.74, 6) is 3.31. The Morgan fingerprint density at radius 3 is 2.67 bits per heavy atom. The fourth-order valence-corrected chi connectivity index (χ4v) is 4.07. The molecule has 1 unspecified atom stereocenters. The third-order valence-corrected chi connectivity index (χ3v) is 5.14. The van der Waals surface area contributed by atoms with Gasteiger partial charge in [-0.05, 0) is 16.8 Å². The third kappa shape index (κ3) is 2.89. The van der Waals surface area contributed by atoms with Crippen LogP contribution in [0.25, 0.3) is 10.8 Å². The molecule has 2 aromatic carbocycles. The highest BCUT2D eigenvalue weighted by molar-refractivity contribution is 7.99. The predicted molar refractivity (Wildman–Crippen MR) is 91.2 cm³/mol. The average Bonchev–Trinajstić information content (AvgIpc) is 2.56. The minimum Gasteiger partial charge on any atom is -0.496 e. The molecule has 0 amide bonds. The molecule has 112 valence electrons. The lowest BCUT2D eigenvalue weighted by Gasteiger charge is -2.35. The van der Waals surface area contributed by atoms with E-state index in [2.05, 4.69) is 41.3 Å². The van der Waals surface area contributed by atoms with Crippen molar-refractivity contribution in [3.8, 4) is 5.75 Å². The summed E-state index contributed by atoms with van der Waals surface area (Å²) in [7, 11) is 1.74. The minimum absolute atomic E-state index is 0.229. The van der Waals surface area contributed by atoms with Gasteiger partial charge in [0, 0.05) is 36.7 Å². The monoisotopic (exact) mass is 302 g/mol. The van der Waals surface area contributed by atoms with Gasteiger partial charge in [0.25, 0.3) is 0 Å². The Kier molecular flexibility index (Phi) is 4.68. The zero-order chi connectivity index (χ0) is 14.7. The van der Waals surface area contributed by atoms with Gasteiger partial charge in [-0.15, -0.1) is 0 Å². The highest BCUT2D eigenvalue weighted by Gasteiger charge is 2.25. The van der Waals surface area contributed by atoms with Gasteiger partial charge in [0.05, 0.1) is 13.2 Å². The lowest BCUT2D eigenvalue weighted by Crippen LogP contribution is -2.39. The van der Waals surface area contributed by atoms with E-state index >= 15 is 0 Å². The molecule has 3 rings (SSSR count). The topological polar surface area (TPSA) is 38.5 Å². The van der Waals surface area contributed by atoms with Crippen LogP contribution in [0.5, 0.6) is 5.75 Å². The average molecular weight is 302 g/mol. The van der Waals surface area contributed by atoms with Crippen LogP contribution in [0.2, 0.25) is 0 Å². The molecule has 0 aromatic heterocycles. The second kappa shape index (κ2) is 6.69. The first-order valence-electron chi connectivity index (χ1n) is 7.42. The van der Waals surface area contributed by atoms with Crippen LogP contribution >= 0.6 is 11.8 Å². The van der Waals surface area contributed by atoms with E-state index in [9.17, 15) is 0 Å². The fraction of sp³-hybridized carbons (Fsp3) is 0.412. The van der Waals surface area contributed by atoms with Crippen LogP contribution in [-0.2, 0) is 0 Å². The molecule has 2 N–H and O–H groups in total. The van der Waals surface area contributed by atoms with Gasteiger partial charge in [-0.1, -0.05) is 30.3 Å². The summed E-state index contributed by atoms with van der Waals surface area (Å²) in [6, 6.07) is 12.9. The molecule has 0 bridgehead atoms. The molecular weight excluding hydrogens is 280 g/mol. The third-order valence-electron chi connectivity index (χ3n) is 4.19. The van der Waals surface area contributed by atoms with E-state index in [0.29, 0.717) is 6.54 Å². The first-order chi connectivity index (χ1) is 10.3. The number of ether oxygens (including phenoxy) is 1. The second-order valence-electron chi connectivity index (χ2n) is 5.30. The summed E-state index contributed by atoms with van der Waals surface area (Å²) in [4.78, 5) is 2.50. The summed E-state index contributed by atoms with van der Waals surface area (Å²) < 4.78 is 5.64. The SMILES string of the molecule is COc1ccc2ccccc2c1C(CN)N1CCSCC1. The lowest BCUT2D eigenvalue weighted by molar-refractivity contribution is 0.220. The van der Waals surface area contributed by atoms with E-state index in [0.717, 1.165) is 18.8 Å². The highest BCUT2D eigenvalue weighted by Crippen LogP contribution is 2.36. The number of hydrogen-bond acceptors (Lipinski definition) is 4. The molecule has 3 nitrogen and oxygen atoms in total. The zero-order valence-corrected chi connectivity index (χ0v) is 13.2. The van der Waals surface area contributed by atoms with E-state index in [-0.39, 0.29) is 6.04 Å². The van der Waals surface area contributed by atoms with Crippen molar-refractivity contribution in [1.29, 1.82) is 0 Å². The van der Waals surface area contributed by atoms with E-state index in [1.807, 2.05) is 11.8 Å². The number of benzene rings is 2. The summed E-state index contributed by atoms with van der Waals surface area (Å²) >= 11 is 2.02. The van der Waals surface area contributed by atoms with Gasteiger partial charge in [0.1, 0.15) is 5.75 Å². The molecule has 1 fully saturated rings. The molecule has 1 saturated heterocycles. The molecule has 1 aliphatic rings. The standard InChI is InChI=1S/C17H22N2OS/c1-20-16-7-6-13-4-2-3-5-14(13)17(16)15(12-18)19-8-10-21-11-9-19/h2-7,15H,8-12,18H2,1H3. The van der Waals surface area contributed by atoms with Gasteiger partial charge in [-0.3, -0.25) is 4.90 Å². The van der Waals surface area contributed by atoms with Crippen molar-refractivity contribution >= 4 is 22.5 Å². The maximum Gasteiger partial charge on any atom is 0.124 e. The van der Waals surface area contributed by atoms with Crippen molar-refractivity contribution in [3.05, 3.63) is 42.0 Å². The number of nitrogens with two attached hydrogens (primary N) is 1. The lowest BCUT2D eigenvalue weighted by atomic mass is 9.96. The molecule has 0 spiro atoms. The van der Waals surface area contributed by atoms with Gasteiger partial charge in [0.2, 0.25) is 0 Å². The summed E-state index contributed by atoms with van der Waals surface area (Å²) in [6.07, 6.45) is 0. The number of thioether (sulfide) groups is 1. The maximum absolute atomic E-state index is 6.15. The maximum atomic E-state index is 6.15. The quantitative estimate of drug-likeness (QED) is 0.942. The summed E-state index contributed by atoms with van der Waals surface area (Å²) in [5.41, 5.74) is 7.39. The second-order valence-corrected chi connectivity index (χ2v) is 6.53. The Labute approximate surface area is 130 Å². The van der Waals surface area contributed by atoms with Crippen LogP contribution in [0.4, 0.5) is 0 Å². The Morgan fingerprint density at radius 1 is 1.19 bits per heavy atom. The van der Waals surface area contributed by atoms with E-state index < -0.39 is 0 Å². The van der Waals surface area contributed by atoms with Crippen LogP contribution in [0.1, 0.15) is 11.6 Å². The van der Waals surface area contributed by atoms with E-state index in [1.165, 1.54) is 27.8 Å². The first kappa shape index (κ1) is 14.7. The molecular formula is C17H22N2OS. The summed E-state index contributed by atoms with van der Waals surface area (Å²) in [6.45, 7) is 2.81. The number of nitrogens with zero attached hydrogens (tertiary/aromatic N) is 1. The Hall–Kier alpha value is -1.23. The largest absolute Gasteiger partial charge is 0.496 e. The van der Waals surface area contributed by atoms with Crippen LogP contribution in [0, 0.1) is 0 Å². The van der Waals surface area contributed by atoms with Crippen LogP contribution in [0.3, 0.4) is 0 Å². The summed E-state index contributed by atoms with van der Waals surface area (Å²) in [5, 5.41) is 2.50. The van der Waals surface area contributed by atoms with E-state index in [1.54, 1.807) is 7.11 Å². The number of hydrogen-bond donors (Lipinski definition) is 1. The Morgan fingerprint density at radius 2 is 1.95 bits per heavy atom. The number of rotatable bonds is 4. The number of methoxy groups -OCH3 is 1. The Bertz CT molecular complexity index is 611. The van der Waals surface area contributed by atoms with Gasteiger partial charge in [0.15, 0.2) is 0 Å². The molecule has 0 radical (unpaired) electrons. The highest BCUT2D eigenvalue weighted by atomic mass is 32.2. The van der Waals surface area contributed by atoms with Gasteiger partial charge in [-0.25, -0.2) is 0 Å². The molecule has 1 heterocycles. The van der Waals surface area contributed by atoms with Gasteiger partial charge in [-0.2, -0.15) is 11.8 Å². The molecule has 0 saturated carbocycles. The molecule has 21 heavy (non-hydrogen) atoms. The predicted octanol–water partition coefficient (Wildman–Crippen LogP) is 2.90. The zero-order valence-electron chi connectivity index (χ0n) is 12.4. The Balaban J connectivity index is 2.10. The van der Waals surface area contributed by atoms with Crippen LogP contribution in [-0.4, -0.2) is 43.1 Å². The van der Waals surface area contributed by atoms with Crippen LogP contribution < -0.4 is 10.5 Å². The van der Waals surface area contributed by atoms with Crippen molar-refractivity contribution in [3.63, 3.8) is 0 Å². The van der Waals surface area contributed by atoms with Crippen LogP contribution in [0.15, 0.2) is 36.4 Å². The molecule has 0 aliphatic carbocycles. The minimum atomic E-state index is 0.229. The van der Waals surface area contributed by atoms with Gasteiger partial charge >= 0.3 is 0 Å². The molecule has 4 heteroatoms. The van der Waals surface area contributed by atoms with Crippen molar-refractivity contribution in [2.45, 2.75) is 6.04 Å². The molecule has 1 atom stereocenters.